The lowest BCUT2D eigenvalue weighted by atomic mass is 10.1. The number of fused-ring (bicyclic) bond motifs is 1. The van der Waals surface area contributed by atoms with Gasteiger partial charge in [-0.1, -0.05) is 6.07 Å². The summed E-state index contributed by atoms with van der Waals surface area (Å²) >= 11 is 0. The van der Waals surface area contributed by atoms with Gasteiger partial charge in [0.2, 0.25) is 5.91 Å². The van der Waals surface area contributed by atoms with E-state index in [-0.39, 0.29) is 11.8 Å². The van der Waals surface area contributed by atoms with Crippen LogP contribution in [0.5, 0.6) is 5.75 Å². The average Bonchev–Trinajstić information content (AvgIpc) is 2.83. The third-order valence-corrected chi connectivity index (χ3v) is 3.80. The van der Waals surface area contributed by atoms with Crippen LogP contribution in [0.1, 0.15) is 35.2 Å². The van der Waals surface area contributed by atoms with Crippen LogP contribution in [0.2, 0.25) is 0 Å². The number of ether oxygens (including phenoxy) is 1. The highest BCUT2D eigenvalue weighted by Gasteiger charge is 2.23. The van der Waals surface area contributed by atoms with Crippen molar-refractivity contribution >= 4 is 11.8 Å². The van der Waals surface area contributed by atoms with E-state index in [0.717, 1.165) is 30.6 Å². The second-order valence-corrected chi connectivity index (χ2v) is 5.23. The normalized spacial score (nSPS) is 21.4. The molecule has 0 aromatic heterocycles. The van der Waals surface area contributed by atoms with Crippen LogP contribution in [0, 0.1) is 0 Å². The predicted octanol–water partition coefficient (Wildman–Crippen LogP) is 1.02. The average molecular weight is 274 g/mol. The van der Waals surface area contributed by atoms with Gasteiger partial charge in [-0.05, 0) is 37.0 Å². The SMILES string of the molecule is O=C(NC1CCCCNC1=O)c1ccc2c(c1)OCC2. The van der Waals surface area contributed by atoms with Gasteiger partial charge in [0, 0.05) is 18.5 Å². The van der Waals surface area contributed by atoms with Gasteiger partial charge in [-0.15, -0.1) is 0 Å². The van der Waals surface area contributed by atoms with Crippen LogP contribution in [-0.2, 0) is 11.2 Å². The molecule has 2 aliphatic rings. The van der Waals surface area contributed by atoms with Crippen molar-refractivity contribution in [3.8, 4) is 5.75 Å². The van der Waals surface area contributed by atoms with Gasteiger partial charge in [0.25, 0.3) is 5.91 Å². The van der Waals surface area contributed by atoms with Crippen molar-refractivity contribution < 1.29 is 14.3 Å². The van der Waals surface area contributed by atoms with E-state index in [2.05, 4.69) is 10.6 Å². The maximum atomic E-state index is 12.2. The zero-order valence-electron chi connectivity index (χ0n) is 11.3. The number of carbonyl (C=O) groups excluding carboxylic acids is 2. The van der Waals surface area contributed by atoms with Gasteiger partial charge in [-0.25, -0.2) is 0 Å². The summed E-state index contributed by atoms with van der Waals surface area (Å²) in [6, 6.07) is 5.04. The Morgan fingerprint density at radius 1 is 1.35 bits per heavy atom. The fourth-order valence-corrected chi connectivity index (χ4v) is 2.63. The van der Waals surface area contributed by atoms with E-state index in [1.54, 1.807) is 12.1 Å². The Bertz CT molecular complexity index is 542. The van der Waals surface area contributed by atoms with Crippen molar-refractivity contribution in [1.82, 2.24) is 10.6 Å². The van der Waals surface area contributed by atoms with E-state index < -0.39 is 6.04 Å². The minimum Gasteiger partial charge on any atom is -0.493 e. The van der Waals surface area contributed by atoms with Crippen molar-refractivity contribution in [2.75, 3.05) is 13.2 Å². The van der Waals surface area contributed by atoms with Gasteiger partial charge in [-0.3, -0.25) is 9.59 Å². The molecule has 0 aliphatic carbocycles. The standard InChI is InChI=1S/C15H18N2O3/c18-14(17-12-3-1-2-7-16-15(12)19)11-5-4-10-6-8-20-13(10)9-11/h4-5,9,12H,1-3,6-8H2,(H,16,19)(H,17,18). The van der Waals surface area contributed by atoms with Gasteiger partial charge in [0.05, 0.1) is 6.61 Å². The van der Waals surface area contributed by atoms with Crippen molar-refractivity contribution in [2.24, 2.45) is 0 Å². The summed E-state index contributed by atoms with van der Waals surface area (Å²) in [5.41, 5.74) is 1.68. The topological polar surface area (TPSA) is 67.4 Å². The van der Waals surface area contributed by atoms with Crippen molar-refractivity contribution in [1.29, 1.82) is 0 Å². The summed E-state index contributed by atoms with van der Waals surface area (Å²) in [7, 11) is 0. The van der Waals surface area contributed by atoms with Crippen molar-refractivity contribution in [3.05, 3.63) is 29.3 Å². The lowest BCUT2D eigenvalue weighted by molar-refractivity contribution is -0.122. The molecule has 1 unspecified atom stereocenters. The molecule has 5 nitrogen and oxygen atoms in total. The number of amides is 2. The highest BCUT2D eigenvalue weighted by atomic mass is 16.5. The fourth-order valence-electron chi connectivity index (χ4n) is 2.63. The Labute approximate surface area is 117 Å². The van der Waals surface area contributed by atoms with E-state index in [1.807, 2.05) is 6.07 Å². The molecule has 0 spiro atoms. The lowest BCUT2D eigenvalue weighted by Gasteiger charge is -2.15. The molecule has 0 radical (unpaired) electrons. The largest absolute Gasteiger partial charge is 0.493 e. The number of benzene rings is 1. The first-order chi connectivity index (χ1) is 9.74. The molecular formula is C15H18N2O3. The molecule has 106 valence electrons. The summed E-state index contributed by atoms with van der Waals surface area (Å²) in [6.07, 6.45) is 3.49. The Hall–Kier alpha value is -2.04. The second kappa shape index (κ2) is 5.53. The van der Waals surface area contributed by atoms with Crippen molar-refractivity contribution in [3.63, 3.8) is 0 Å². The van der Waals surface area contributed by atoms with E-state index in [1.165, 1.54) is 0 Å². The van der Waals surface area contributed by atoms with Crippen LogP contribution >= 0.6 is 0 Å². The van der Waals surface area contributed by atoms with E-state index in [0.29, 0.717) is 25.1 Å². The van der Waals surface area contributed by atoms with Crippen LogP contribution < -0.4 is 15.4 Å². The molecule has 2 heterocycles. The molecule has 0 saturated carbocycles. The van der Waals surface area contributed by atoms with E-state index in [9.17, 15) is 9.59 Å². The molecule has 1 fully saturated rings. The van der Waals surface area contributed by atoms with E-state index in [4.69, 9.17) is 4.74 Å². The zero-order valence-corrected chi connectivity index (χ0v) is 11.3. The first-order valence-electron chi connectivity index (χ1n) is 7.08. The number of nitrogens with one attached hydrogen (secondary N) is 2. The maximum Gasteiger partial charge on any atom is 0.252 e. The Balaban J connectivity index is 1.71. The molecule has 2 N–H and O–H groups in total. The molecule has 1 atom stereocenters. The third kappa shape index (κ3) is 2.61. The van der Waals surface area contributed by atoms with Gasteiger partial charge >= 0.3 is 0 Å². The summed E-state index contributed by atoms with van der Waals surface area (Å²) in [5, 5.41) is 5.62. The highest BCUT2D eigenvalue weighted by Crippen LogP contribution is 2.26. The molecule has 3 rings (SSSR count). The minimum atomic E-state index is -0.431. The molecule has 5 heteroatoms. The second-order valence-electron chi connectivity index (χ2n) is 5.23. The minimum absolute atomic E-state index is 0.0896. The van der Waals surface area contributed by atoms with Gasteiger partial charge < -0.3 is 15.4 Å². The molecule has 1 aromatic rings. The van der Waals surface area contributed by atoms with Gasteiger partial charge in [0.15, 0.2) is 0 Å². The molecular weight excluding hydrogens is 256 g/mol. The number of hydrogen-bond acceptors (Lipinski definition) is 3. The third-order valence-electron chi connectivity index (χ3n) is 3.80. The Morgan fingerprint density at radius 2 is 2.25 bits per heavy atom. The fraction of sp³-hybridized carbons (Fsp3) is 0.467. The van der Waals surface area contributed by atoms with Crippen LogP contribution in [0.25, 0.3) is 0 Å². The summed E-state index contributed by atoms with van der Waals surface area (Å²) in [4.78, 5) is 24.0. The molecule has 2 aliphatic heterocycles. The number of hydrogen-bond donors (Lipinski definition) is 2. The smallest absolute Gasteiger partial charge is 0.252 e. The Morgan fingerprint density at radius 3 is 3.15 bits per heavy atom. The maximum absolute atomic E-state index is 12.2. The van der Waals surface area contributed by atoms with Gasteiger partial charge in [-0.2, -0.15) is 0 Å². The monoisotopic (exact) mass is 274 g/mol. The Kier molecular flexibility index (Phi) is 3.58. The van der Waals surface area contributed by atoms with Crippen LogP contribution in [0.3, 0.4) is 0 Å². The van der Waals surface area contributed by atoms with Crippen LogP contribution in [0.15, 0.2) is 18.2 Å². The molecule has 2 amide bonds. The van der Waals surface area contributed by atoms with E-state index >= 15 is 0 Å². The number of carbonyl (C=O) groups is 2. The molecule has 1 saturated heterocycles. The summed E-state index contributed by atoms with van der Waals surface area (Å²) in [5.74, 6) is 0.474. The summed E-state index contributed by atoms with van der Waals surface area (Å²) < 4.78 is 5.46. The molecule has 20 heavy (non-hydrogen) atoms. The highest BCUT2D eigenvalue weighted by molar-refractivity contribution is 5.98. The number of rotatable bonds is 2. The van der Waals surface area contributed by atoms with Crippen molar-refractivity contribution in [2.45, 2.75) is 31.7 Å². The zero-order chi connectivity index (χ0) is 13.9. The first kappa shape index (κ1) is 13.0. The van der Waals surface area contributed by atoms with Crippen LogP contribution in [-0.4, -0.2) is 31.0 Å². The summed E-state index contributed by atoms with van der Waals surface area (Å²) in [6.45, 7) is 1.36. The van der Waals surface area contributed by atoms with Crippen LogP contribution in [0.4, 0.5) is 0 Å². The predicted molar refractivity (Wildman–Crippen MR) is 73.8 cm³/mol. The first-order valence-corrected chi connectivity index (χ1v) is 7.08. The lowest BCUT2D eigenvalue weighted by Crippen LogP contribution is -2.45. The quantitative estimate of drug-likeness (QED) is 0.846. The molecule has 0 bridgehead atoms. The van der Waals surface area contributed by atoms with Gasteiger partial charge in [0.1, 0.15) is 11.8 Å². The molecule has 1 aromatic carbocycles.